The number of ether oxygens (including phenoxy) is 1. The lowest BCUT2D eigenvalue weighted by molar-refractivity contribution is 0.167. The molecule has 1 aliphatic rings. The molecule has 3 rings (SSSR count). The van der Waals surface area contributed by atoms with Gasteiger partial charge in [-0.25, -0.2) is 0 Å². The first-order valence-electron chi connectivity index (χ1n) is 12.2. The van der Waals surface area contributed by atoms with Crippen LogP contribution < -0.4 is 4.74 Å². The summed E-state index contributed by atoms with van der Waals surface area (Å²) < 4.78 is 6.68. The third-order valence-electron chi connectivity index (χ3n) is 6.64. The van der Waals surface area contributed by atoms with Gasteiger partial charge in [-0.05, 0) is 48.1 Å². The van der Waals surface area contributed by atoms with Crippen LogP contribution >= 0.6 is 0 Å². The van der Waals surface area contributed by atoms with E-state index in [0.717, 1.165) is 23.8 Å². The molecule has 1 fully saturated rings. The number of benzene rings is 2. The first-order chi connectivity index (χ1) is 14.8. The average molecular weight is 420 g/mol. The van der Waals surface area contributed by atoms with E-state index >= 15 is 0 Å². The molecule has 1 aliphatic carbocycles. The number of rotatable bonds is 7. The van der Waals surface area contributed by atoms with E-state index in [2.05, 4.69) is 90.2 Å². The third-order valence-corrected chi connectivity index (χ3v) is 6.64. The second-order valence-corrected chi connectivity index (χ2v) is 10.6. The number of hydrogen-bond donors (Lipinski definition) is 0. The lowest BCUT2D eigenvalue weighted by Crippen LogP contribution is -2.23. The molecule has 0 radical (unpaired) electrons. The summed E-state index contributed by atoms with van der Waals surface area (Å²) in [5, 5.41) is 0. The average Bonchev–Trinajstić information content (AvgIpc) is 2.75. The molecule has 0 aliphatic heterocycles. The first kappa shape index (κ1) is 23.6. The highest BCUT2D eigenvalue weighted by Gasteiger charge is 2.25. The van der Waals surface area contributed by atoms with Crippen LogP contribution in [0.3, 0.4) is 0 Å². The quantitative estimate of drug-likeness (QED) is 0.416. The van der Waals surface area contributed by atoms with E-state index in [-0.39, 0.29) is 11.5 Å². The molecule has 0 amide bonds. The van der Waals surface area contributed by atoms with Crippen molar-refractivity contribution < 1.29 is 4.74 Å². The summed E-state index contributed by atoms with van der Waals surface area (Å²) in [7, 11) is 0. The summed E-state index contributed by atoms with van der Waals surface area (Å²) in [6.07, 6.45) is 8.98. The lowest BCUT2D eigenvalue weighted by atomic mass is 9.83. The Balaban J connectivity index is 2.08. The molecule has 168 valence electrons. The summed E-state index contributed by atoms with van der Waals surface area (Å²) in [4.78, 5) is 4.98. The molecule has 2 heteroatoms. The van der Waals surface area contributed by atoms with Crippen molar-refractivity contribution in [1.29, 1.82) is 0 Å². The van der Waals surface area contributed by atoms with E-state index in [4.69, 9.17) is 9.73 Å². The minimum atomic E-state index is -0.00674. The van der Waals surface area contributed by atoms with Gasteiger partial charge in [-0.3, -0.25) is 4.99 Å². The molecule has 1 atom stereocenters. The van der Waals surface area contributed by atoms with Crippen LogP contribution in [0.25, 0.3) is 11.1 Å². The van der Waals surface area contributed by atoms with Gasteiger partial charge in [0.2, 0.25) is 0 Å². The topological polar surface area (TPSA) is 21.6 Å². The monoisotopic (exact) mass is 419 g/mol. The maximum absolute atomic E-state index is 6.68. The Morgan fingerprint density at radius 2 is 1.65 bits per heavy atom. The normalized spacial score (nSPS) is 16.7. The number of nitrogens with zero attached hydrogens (tertiary/aromatic N) is 1. The van der Waals surface area contributed by atoms with E-state index < -0.39 is 0 Å². The van der Waals surface area contributed by atoms with Crippen LogP contribution in [-0.4, -0.2) is 18.9 Å². The van der Waals surface area contributed by atoms with Crippen LogP contribution in [0, 0.1) is 11.8 Å². The number of aliphatic imine (C=N–C) groups is 1. The zero-order valence-corrected chi connectivity index (χ0v) is 20.4. The fourth-order valence-electron chi connectivity index (χ4n) is 4.30. The second kappa shape index (κ2) is 10.5. The van der Waals surface area contributed by atoms with Gasteiger partial charge in [-0.15, -0.1) is 0 Å². The van der Waals surface area contributed by atoms with Crippen molar-refractivity contribution in [2.75, 3.05) is 6.54 Å². The number of hydrogen-bond acceptors (Lipinski definition) is 2. The predicted octanol–water partition coefficient (Wildman–Crippen LogP) is 8.07. The molecule has 2 nitrogen and oxygen atoms in total. The van der Waals surface area contributed by atoms with Crippen LogP contribution in [-0.2, 0) is 5.41 Å². The van der Waals surface area contributed by atoms with Crippen LogP contribution in [0.1, 0.15) is 84.8 Å². The molecule has 1 saturated carbocycles. The van der Waals surface area contributed by atoms with E-state index in [0.29, 0.717) is 5.92 Å². The Bertz CT molecular complexity index is 854. The largest absolute Gasteiger partial charge is 0.489 e. The van der Waals surface area contributed by atoms with Crippen LogP contribution in [0.4, 0.5) is 0 Å². The molecule has 31 heavy (non-hydrogen) atoms. The molecule has 0 heterocycles. The SMILES string of the molecule is CC(C)[C@@H](C)Oc1c(C(C)(C)C)ccc(-c2ccccc2)c1C=NCC1CCCCC1. The summed E-state index contributed by atoms with van der Waals surface area (Å²) >= 11 is 0. The zero-order valence-electron chi connectivity index (χ0n) is 20.4. The summed E-state index contributed by atoms with van der Waals surface area (Å²) in [6.45, 7) is 14.3. The lowest BCUT2D eigenvalue weighted by Gasteiger charge is -2.29. The first-order valence-corrected chi connectivity index (χ1v) is 12.2. The highest BCUT2D eigenvalue weighted by Crippen LogP contribution is 2.39. The zero-order chi connectivity index (χ0) is 22.4. The van der Waals surface area contributed by atoms with Gasteiger partial charge in [0, 0.05) is 23.9 Å². The summed E-state index contributed by atoms with van der Waals surface area (Å²) in [5.74, 6) is 2.18. The third kappa shape index (κ3) is 6.21. The van der Waals surface area contributed by atoms with E-state index in [1.165, 1.54) is 48.8 Å². The summed E-state index contributed by atoms with van der Waals surface area (Å²) in [6, 6.07) is 15.1. The smallest absolute Gasteiger partial charge is 0.132 e. The molecule has 0 spiro atoms. The maximum atomic E-state index is 6.68. The molecular weight excluding hydrogens is 378 g/mol. The highest BCUT2D eigenvalue weighted by molar-refractivity contribution is 5.94. The Hall–Kier alpha value is -2.09. The molecule has 0 N–H and O–H groups in total. The van der Waals surface area contributed by atoms with E-state index in [9.17, 15) is 0 Å². The molecular formula is C29H41NO. The van der Waals surface area contributed by atoms with Gasteiger partial charge in [-0.2, -0.15) is 0 Å². The van der Waals surface area contributed by atoms with Crippen LogP contribution in [0.5, 0.6) is 5.75 Å². The van der Waals surface area contributed by atoms with Crippen molar-refractivity contribution in [2.45, 2.75) is 85.2 Å². The van der Waals surface area contributed by atoms with Crippen LogP contribution in [0.2, 0.25) is 0 Å². The van der Waals surface area contributed by atoms with Crippen molar-refractivity contribution in [3.05, 3.63) is 53.6 Å². The van der Waals surface area contributed by atoms with Gasteiger partial charge in [0.15, 0.2) is 0 Å². The van der Waals surface area contributed by atoms with Crippen LogP contribution in [0.15, 0.2) is 47.5 Å². The Morgan fingerprint density at radius 1 is 0.968 bits per heavy atom. The summed E-state index contributed by atoms with van der Waals surface area (Å²) in [5.41, 5.74) is 4.78. The van der Waals surface area contributed by atoms with Gasteiger partial charge < -0.3 is 4.74 Å². The molecule has 0 saturated heterocycles. The van der Waals surface area contributed by atoms with Gasteiger partial charge in [-0.1, -0.05) is 96.3 Å². The molecule has 2 aromatic rings. The molecule has 0 unspecified atom stereocenters. The fourth-order valence-corrected chi connectivity index (χ4v) is 4.30. The molecule has 0 aromatic heterocycles. The molecule has 2 aromatic carbocycles. The minimum absolute atomic E-state index is 0.00674. The van der Waals surface area contributed by atoms with Gasteiger partial charge in [0.25, 0.3) is 0 Å². The Morgan fingerprint density at radius 3 is 2.26 bits per heavy atom. The predicted molar refractivity (Wildman–Crippen MR) is 135 cm³/mol. The van der Waals surface area contributed by atoms with Crippen molar-refractivity contribution in [1.82, 2.24) is 0 Å². The van der Waals surface area contributed by atoms with Crippen molar-refractivity contribution in [2.24, 2.45) is 16.8 Å². The Labute approximate surface area is 190 Å². The standard InChI is InChI=1S/C29H41NO/c1-21(2)22(3)31-28-26(20-30-19-23-13-9-7-10-14-23)25(24-15-11-8-12-16-24)17-18-27(28)29(4,5)6/h8,11-12,15-18,20-23H,7,9-10,13-14,19H2,1-6H3/t22-/m1/s1. The highest BCUT2D eigenvalue weighted by atomic mass is 16.5. The van der Waals surface area contributed by atoms with Gasteiger partial charge >= 0.3 is 0 Å². The second-order valence-electron chi connectivity index (χ2n) is 10.6. The Kier molecular flexibility index (Phi) is 7.97. The fraction of sp³-hybridized carbons (Fsp3) is 0.552. The van der Waals surface area contributed by atoms with Crippen molar-refractivity contribution in [3.63, 3.8) is 0 Å². The molecule has 0 bridgehead atoms. The maximum Gasteiger partial charge on any atom is 0.132 e. The minimum Gasteiger partial charge on any atom is -0.489 e. The van der Waals surface area contributed by atoms with E-state index in [1.807, 2.05) is 0 Å². The van der Waals surface area contributed by atoms with Crippen molar-refractivity contribution >= 4 is 6.21 Å². The van der Waals surface area contributed by atoms with Crippen molar-refractivity contribution in [3.8, 4) is 16.9 Å². The van der Waals surface area contributed by atoms with E-state index in [1.54, 1.807) is 0 Å². The van der Waals surface area contributed by atoms with Gasteiger partial charge in [0.1, 0.15) is 5.75 Å². The van der Waals surface area contributed by atoms with Gasteiger partial charge in [0.05, 0.1) is 6.10 Å².